The van der Waals surface area contributed by atoms with Crippen molar-refractivity contribution in [3.63, 3.8) is 0 Å². The third-order valence-electron chi connectivity index (χ3n) is 6.23. The summed E-state index contributed by atoms with van der Waals surface area (Å²) in [5, 5.41) is 4.25. The highest BCUT2D eigenvalue weighted by Crippen LogP contribution is 2.43. The summed E-state index contributed by atoms with van der Waals surface area (Å²) in [5.74, 6) is 0.836. The summed E-state index contributed by atoms with van der Waals surface area (Å²) in [6.45, 7) is 4.31. The Morgan fingerprint density at radius 1 is 0.909 bits per heavy atom. The lowest BCUT2D eigenvalue weighted by Gasteiger charge is -2.28. The molecule has 166 valence electrons. The molecule has 1 aliphatic heterocycles. The molecule has 1 fully saturated rings. The number of para-hydroxylation sites is 1. The molecule has 1 aliphatic rings. The molecule has 0 bridgehead atoms. The molecule has 1 saturated heterocycles. The number of ether oxygens (including phenoxy) is 1. The summed E-state index contributed by atoms with van der Waals surface area (Å²) < 4.78 is 7.75. The molecule has 0 spiro atoms. The second-order valence-corrected chi connectivity index (χ2v) is 8.58. The molecule has 4 aromatic rings. The fourth-order valence-electron chi connectivity index (χ4n) is 4.77. The number of hydrogen-bond donors (Lipinski definition) is 1. The average molecular weight is 455 g/mol. The molecule has 0 unspecified atom stereocenters. The van der Waals surface area contributed by atoms with E-state index in [2.05, 4.69) is 70.0 Å². The van der Waals surface area contributed by atoms with Gasteiger partial charge in [-0.25, -0.2) is 0 Å². The first-order valence-corrected chi connectivity index (χ1v) is 11.4. The van der Waals surface area contributed by atoms with Crippen molar-refractivity contribution in [1.82, 2.24) is 14.9 Å². The van der Waals surface area contributed by atoms with Gasteiger partial charge in [0.05, 0.1) is 24.9 Å². The van der Waals surface area contributed by atoms with E-state index in [0.29, 0.717) is 5.11 Å². The van der Waals surface area contributed by atoms with Crippen LogP contribution in [0.4, 0.5) is 5.69 Å². The number of hydrogen-bond acceptors (Lipinski definition) is 3. The molecule has 2 aromatic heterocycles. The Bertz CT molecular complexity index is 1290. The summed E-state index contributed by atoms with van der Waals surface area (Å²) in [5.41, 5.74) is 6.63. The molecule has 5 rings (SSSR count). The standard InChI is InChI=1S/C27H26N4OS/c1-18-16-23(19(2)30(18)21-12-9-13-22(17-21)32-3)26-25(24-14-7-8-15-28-24)29-27(33)31(26)20-10-5-4-6-11-20/h4-17,25-26H,1-3H3,(H,29,33)/t25-,26+/m0/s1. The molecule has 0 aliphatic carbocycles. The topological polar surface area (TPSA) is 42.3 Å². The lowest BCUT2D eigenvalue weighted by atomic mass is 9.96. The van der Waals surface area contributed by atoms with Crippen LogP contribution in [0.25, 0.3) is 5.69 Å². The predicted octanol–water partition coefficient (Wildman–Crippen LogP) is 5.67. The number of rotatable bonds is 5. The minimum absolute atomic E-state index is 0.0413. The van der Waals surface area contributed by atoms with Gasteiger partial charge in [0.1, 0.15) is 5.75 Å². The number of nitrogens with zero attached hydrogens (tertiary/aromatic N) is 3. The van der Waals surface area contributed by atoms with Crippen LogP contribution in [0.5, 0.6) is 5.75 Å². The van der Waals surface area contributed by atoms with Gasteiger partial charge in [0, 0.05) is 35.0 Å². The van der Waals surface area contributed by atoms with Crippen LogP contribution in [-0.2, 0) is 0 Å². The number of methoxy groups -OCH3 is 1. The van der Waals surface area contributed by atoms with Crippen LogP contribution in [0.3, 0.4) is 0 Å². The van der Waals surface area contributed by atoms with E-state index in [1.165, 1.54) is 11.3 Å². The third kappa shape index (κ3) is 3.76. The Hall–Kier alpha value is -3.64. The van der Waals surface area contributed by atoms with Crippen LogP contribution in [0.2, 0.25) is 0 Å². The fraction of sp³-hybridized carbons (Fsp3) is 0.185. The van der Waals surface area contributed by atoms with E-state index >= 15 is 0 Å². The number of nitrogens with one attached hydrogen (secondary N) is 1. The Labute approximate surface area is 199 Å². The van der Waals surface area contributed by atoms with E-state index in [0.717, 1.165) is 28.5 Å². The van der Waals surface area contributed by atoms with Gasteiger partial charge in [0.2, 0.25) is 0 Å². The molecule has 0 saturated carbocycles. The molecule has 1 N–H and O–H groups in total. The number of thiocarbonyl (C=S) groups is 1. The van der Waals surface area contributed by atoms with E-state index in [1.54, 1.807) is 7.11 Å². The van der Waals surface area contributed by atoms with Crippen LogP contribution in [0.1, 0.15) is 34.7 Å². The summed E-state index contributed by atoms with van der Waals surface area (Å²) >= 11 is 5.85. The van der Waals surface area contributed by atoms with E-state index in [9.17, 15) is 0 Å². The molecule has 0 radical (unpaired) electrons. The molecule has 2 atom stereocenters. The zero-order chi connectivity index (χ0) is 22.9. The van der Waals surface area contributed by atoms with Crippen molar-refractivity contribution in [1.29, 1.82) is 0 Å². The summed E-state index contributed by atoms with van der Waals surface area (Å²) in [4.78, 5) is 6.88. The highest BCUT2D eigenvalue weighted by molar-refractivity contribution is 7.80. The molecule has 6 heteroatoms. The predicted molar refractivity (Wildman–Crippen MR) is 136 cm³/mol. The van der Waals surface area contributed by atoms with Crippen LogP contribution in [0.15, 0.2) is 85.1 Å². The maximum Gasteiger partial charge on any atom is 0.174 e. The van der Waals surface area contributed by atoms with Crippen molar-refractivity contribution in [3.05, 3.63) is 108 Å². The molecule has 2 aromatic carbocycles. The number of aromatic nitrogens is 2. The lowest BCUT2D eigenvalue weighted by Crippen LogP contribution is -2.29. The first-order chi connectivity index (χ1) is 16.1. The smallest absolute Gasteiger partial charge is 0.174 e. The van der Waals surface area contributed by atoms with Crippen molar-refractivity contribution >= 4 is 23.0 Å². The highest BCUT2D eigenvalue weighted by atomic mass is 32.1. The highest BCUT2D eigenvalue weighted by Gasteiger charge is 2.42. The largest absolute Gasteiger partial charge is 0.497 e. The van der Waals surface area contributed by atoms with Gasteiger partial charge in [0.15, 0.2) is 5.11 Å². The van der Waals surface area contributed by atoms with Crippen LogP contribution < -0.4 is 15.0 Å². The summed E-state index contributed by atoms with van der Waals surface area (Å²) in [6, 6.07) is 26.6. The summed E-state index contributed by atoms with van der Waals surface area (Å²) in [7, 11) is 1.69. The second kappa shape index (κ2) is 8.71. The van der Waals surface area contributed by atoms with E-state index in [1.807, 2.05) is 48.7 Å². The van der Waals surface area contributed by atoms with E-state index < -0.39 is 0 Å². The van der Waals surface area contributed by atoms with Gasteiger partial charge in [-0.1, -0.05) is 30.3 Å². The first kappa shape index (κ1) is 21.2. The van der Waals surface area contributed by atoms with Crippen molar-refractivity contribution in [2.24, 2.45) is 0 Å². The van der Waals surface area contributed by atoms with Crippen LogP contribution >= 0.6 is 12.2 Å². The number of aryl methyl sites for hydroxylation is 1. The van der Waals surface area contributed by atoms with Gasteiger partial charge < -0.3 is 19.5 Å². The van der Waals surface area contributed by atoms with Crippen molar-refractivity contribution in [2.45, 2.75) is 25.9 Å². The zero-order valence-electron chi connectivity index (χ0n) is 18.9. The quantitative estimate of drug-likeness (QED) is 0.393. The minimum atomic E-state index is -0.0711. The van der Waals surface area contributed by atoms with Crippen molar-refractivity contribution < 1.29 is 4.74 Å². The first-order valence-electron chi connectivity index (χ1n) is 11.0. The Morgan fingerprint density at radius 2 is 1.67 bits per heavy atom. The zero-order valence-corrected chi connectivity index (χ0v) is 19.7. The normalized spacial score (nSPS) is 17.8. The number of anilines is 1. The van der Waals surface area contributed by atoms with Crippen LogP contribution in [0, 0.1) is 13.8 Å². The fourth-order valence-corrected chi connectivity index (χ4v) is 5.12. The maximum atomic E-state index is 5.85. The van der Waals surface area contributed by atoms with Gasteiger partial charge in [-0.15, -0.1) is 0 Å². The Balaban J connectivity index is 1.67. The second-order valence-electron chi connectivity index (χ2n) is 8.20. The molecular formula is C27H26N4OS. The van der Waals surface area contributed by atoms with E-state index in [4.69, 9.17) is 17.0 Å². The van der Waals surface area contributed by atoms with Crippen molar-refractivity contribution in [3.8, 4) is 11.4 Å². The molecule has 0 amide bonds. The minimum Gasteiger partial charge on any atom is -0.497 e. The van der Waals surface area contributed by atoms with Gasteiger partial charge >= 0.3 is 0 Å². The lowest BCUT2D eigenvalue weighted by molar-refractivity contribution is 0.414. The monoisotopic (exact) mass is 454 g/mol. The van der Waals surface area contributed by atoms with Crippen LogP contribution in [-0.4, -0.2) is 21.8 Å². The molecule has 3 heterocycles. The van der Waals surface area contributed by atoms with Gasteiger partial charge in [-0.2, -0.15) is 0 Å². The molecule has 5 nitrogen and oxygen atoms in total. The van der Waals surface area contributed by atoms with Gasteiger partial charge in [0.25, 0.3) is 0 Å². The third-order valence-corrected chi connectivity index (χ3v) is 6.55. The van der Waals surface area contributed by atoms with E-state index in [-0.39, 0.29) is 12.1 Å². The Kier molecular flexibility index (Phi) is 5.60. The van der Waals surface area contributed by atoms with Gasteiger partial charge in [-0.3, -0.25) is 4.98 Å². The Morgan fingerprint density at radius 3 is 2.39 bits per heavy atom. The number of benzene rings is 2. The maximum absolute atomic E-state index is 5.85. The SMILES string of the molecule is COc1cccc(-n2c(C)cc([C@@H]3[C@H](c4ccccn4)NC(=S)N3c3ccccc3)c2C)c1. The van der Waals surface area contributed by atoms with Gasteiger partial charge in [-0.05, 0) is 74.1 Å². The molecule has 33 heavy (non-hydrogen) atoms. The molecular weight excluding hydrogens is 428 g/mol. The number of pyridine rings is 1. The van der Waals surface area contributed by atoms with Crippen molar-refractivity contribution in [2.75, 3.05) is 12.0 Å². The average Bonchev–Trinajstić information content (AvgIpc) is 3.35. The summed E-state index contributed by atoms with van der Waals surface area (Å²) in [6.07, 6.45) is 1.84.